The summed E-state index contributed by atoms with van der Waals surface area (Å²) in [6, 6.07) is 14.4. The minimum absolute atomic E-state index is 0.307. The van der Waals surface area contributed by atoms with Crippen molar-refractivity contribution < 1.29 is 9.53 Å². The third-order valence-electron chi connectivity index (χ3n) is 6.51. The molecular formula is C26H30N6O2. The van der Waals surface area contributed by atoms with E-state index in [-0.39, 0.29) is 0 Å². The molecule has 34 heavy (non-hydrogen) atoms. The standard InChI is InChI=1S/C26H30N6O2/c1-26(12-13-28-22(17-26)24(27)33)34-20-10-11-23-21(16-20)30-25(31(23)2)29-18-6-8-19(9-7-18)32-14-4-3-5-15-32/h6-13,16H,3-5,14-15,17H2,1-2H3,(H2,27,33)(H,29,30). The van der Waals surface area contributed by atoms with Gasteiger partial charge >= 0.3 is 0 Å². The van der Waals surface area contributed by atoms with Crippen molar-refractivity contribution in [3.63, 3.8) is 0 Å². The van der Waals surface area contributed by atoms with Crippen molar-refractivity contribution in [2.24, 2.45) is 17.8 Å². The van der Waals surface area contributed by atoms with E-state index in [2.05, 4.69) is 39.5 Å². The van der Waals surface area contributed by atoms with E-state index >= 15 is 0 Å². The molecule has 3 N–H and O–H groups in total. The summed E-state index contributed by atoms with van der Waals surface area (Å²) in [5.74, 6) is 0.893. The highest BCUT2D eigenvalue weighted by Crippen LogP contribution is 2.30. The zero-order valence-corrected chi connectivity index (χ0v) is 19.6. The van der Waals surface area contributed by atoms with Gasteiger partial charge in [0, 0.05) is 50.2 Å². The Kier molecular flexibility index (Phi) is 5.73. The van der Waals surface area contributed by atoms with Crippen LogP contribution >= 0.6 is 0 Å². The Bertz CT molecular complexity index is 1270. The molecule has 1 aromatic heterocycles. The number of anilines is 3. The molecule has 1 atom stereocenters. The van der Waals surface area contributed by atoms with Gasteiger partial charge in [0.2, 0.25) is 5.95 Å². The molecule has 3 heterocycles. The molecule has 1 amide bonds. The number of nitrogens with one attached hydrogen (secondary N) is 1. The van der Waals surface area contributed by atoms with Crippen LogP contribution in [0.2, 0.25) is 0 Å². The number of aryl methyl sites for hydroxylation is 1. The van der Waals surface area contributed by atoms with Crippen molar-refractivity contribution in [1.82, 2.24) is 9.55 Å². The normalized spacial score (nSPS) is 20.3. The predicted molar refractivity (Wildman–Crippen MR) is 136 cm³/mol. The number of amides is 1. The Balaban J connectivity index is 1.32. The lowest BCUT2D eigenvalue weighted by Gasteiger charge is -2.29. The minimum Gasteiger partial charge on any atom is -0.483 e. The molecule has 2 aromatic carbocycles. The summed E-state index contributed by atoms with van der Waals surface area (Å²) in [5.41, 5.74) is 9.08. The quantitative estimate of drug-likeness (QED) is 0.574. The van der Waals surface area contributed by atoms with Crippen LogP contribution < -0.4 is 20.7 Å². The van der Waals surface area contributed by atoms with Gasteiger partial charge in [-0.3, -0.25) is 9.79 Å². The van der Waals surface area contributed by atoms with Gasteiger partial charge in [-0.2, -0.15) is 0 Å². The Morgan fingerprint density at radius 2 is 1.88 bits per heavy atom. The molecule has 0 bridgehead atoms. The average Bonchev–Trinajstić information content (AvgIpc) is 3.14. The van der Waals surface area contributed by atoms with Gasteiger partial charge in [-0.15, -0.1) is 0 Å². The Morgan fingerprint density at radius 3 is 2.62 bits per heavy atom. The molecule has 2 aliphatic heterocycles. The lowest BCUT2D eigenvalue weighted by atomic mass is 9.96. The van der Waals surface area contributed by atoms with Gasteiger partial charge in [-0.05, 0) is 68.7 Å². The number of imidazole rings is 1. The van der Waals surface area contributed by atoms with Crippen LogP contribution in [0.4, 0.5) is 17.3 Å². The van der Waals surface area contributed by atoms with Crippen molar-refractivity contribution >= 4 is 40.0 Å². The van der Waals surface area contributed by atoms with E-state index in [4.69, 9.17) is 15.5 Å². The number of hydrogen-bond donors (Lipinski definition) is 2. The number of rotatable bonds is 6. The molecule has 176 valence electrons. The van der Waals surface area contributed by atoms with Gasteiger partial charge in [-0.25, -0.2) is 4.98 Å². The Hall–Kier alpha value is -3.81. The van der Waals surface area contributed by atoms with Gasteiger partial charge in [-0.1, -0.05) is 0 Å². The second-order valence-corrected chi connectivity index (χ2v) is 9.21. The van der Waals surface area contributed by atoms with Gasteiger partial charge < -0.3 is 25.3 Å². The third-order valence-corrected chi connectivity index (χ3v) is 6.51. The van der Waals surface area contributed by atoms with Crippen molar-refractivity contribution in [3.05, 3.63) is 54.7 Å². The Morgan fingerprint density at radius 1 is 1.12 bits per heavy atom. The monoisotopic (exact) mass is 458 g/mol. The second kappa shape index (κ2) is 8.85. The zero-order chi connectivity index (χ0) is 23.7. The maximum Gasteiger partial charge on any atom is 0.263 e. The summed E-state index contributed by atoms with van der Waals surface area (Å²) in [6.07, 6.45) is 7.58. The van der Waals surface area contributed by atoms with Crippen LogP contribution in [0, 0.1) is 0 Å². The molecule has 0 aliphatic carbocycles. The maximum absolute atomic E-state index is 11.5. The molecule has 3 aromatic rings. The van der Waals surface area contributed by atoms with Gasteiger partial charge in [0.15, 0.2) is 0 Å². The van der Waals surface area contributed by atoms with Crippen molar-refractivity contribution in [2.45, 2.75) is 38.2 Å². The van der Waals surface area contributed by atoms with E-state index in [0.717, 1.165) is 35.8 Å². The molecule has 0 saturated carbocycles. The highest BCUT2D eigenvalue weighted by atomic mass is 16.5. The lowest BCUT2D eigenvalue weighted by molar-refractivity contribution is -0.112. The highest BCUT2D eigenvalue weighted by Gasteiger charge is 2.30. The minimum atomic E-state index is -0.703. The molecule has 8 heteroatoms. The SMILES string of the molecule is Cn1c(Nc2ccc(N3CCCCC3)cc2)nc2cc(OC3(C)C=CN=C(C(N)=O)C3)ccc21. The van der Waals surface area contributed by atoms with E-state index in [1.54, 1.807) is 6.20 Å². The zero-order valence-electron chi connectivity index (χ0n) is 19.6. The number of aliphatic imine (C=N–C) groups is 1. The van der Waals surface area contributed by atoms with Crippen LogP contribution in [-0.2, 0) is 11.8 Å². The molecule has 0 spiro atoms. The summed E-state index contributed by atoms with van der Waals surface area (Å²) >= 11 is 0. The van der Waals surface area contributed by atoms with Crippen LogP contribution in [0.15, 0.2) is 59.7 Å². The molecule has 8 nitrogen and oxygen atoms in total. The number of aromatic nitrogens is 2. The highest BCUT2D eigenvalue weighted by molar-refractivity contribution is 6.38. The largest absolute Gasteiger partial charge is 0.483 e. The summed E-state index contributed by atoms with van der Waals surface area (Å²) < 4.78 is 8.25. The summed E-state index contributed by atoms with van der Waals surface area (Å²) in [4.78, 5) is 22.8. The molecule has 1 fully saturated rings. The summed E-state index contributed by atoms with van der Waals surface area (Å²) in [7, 11) is 1.99. The summed E-state index contributed by atoms with van der Waals surface area (Å²) in [6.45, 7) is 4.17. The molecular weight excluding hydrogens is 428 g/mol. The Labute approximate surface area is 199 Å². The van der Waals surface area contributed by atoms with Gasteiger partial charge in [0.1, 0.15) is 17.1 Å². The number of fused-ring (bicyclic) bond motifs is 1. The van der Waals surface area contributed by atoms with Crippen LogP contribution in [0.25, 0.3) is 11.0 Å². The maximum atomic E-state index is 11.5. The van der Waals surface area contributed by atoms with E-state index in [1.165, 1.54) is 24.9 Å². The first kappa shape index (κ1) is 22.0. The van der Waals surface area contributed by atoms with Crippen molar-refractivity contribution in [3.8, 4) is 5.75 Å². The summed E-state index contributed by atoms with van der Waals surface area (Å²) in [5, 5.41) is 3.43. The lowest BCUT2D eigenvalue weighted by Crippen LogP contribution is -2.39. The van der Waals surface area contributed by atoms with Crippen LogP contribution in [0.1, 0.15) is 32.6 Å². The molecule has 1 unspecified atom stereocenters. The number of hydrogen-bond acceptors (Lipinski definition) is 6. The number of carbonyl (C=O) groups is 1. The van der Waals surface area contributed by atoms with Crippen molar-refractivity contribution in [1.29, 1.82) is 0 Å². The van der Waals surface area contributed by atoms with Gasteiger partial charge in [0.05, 0.1) is 11.0 Å². The number of primary amides is 1. The van der Waals surface area contributed by atoms with Crippen LogP contribution in [-0.4, -0.2) is 39.9 Å². The molecule has 1 saturated heterocycles. The molecule has 2 aliphatic rings. The van der Waals surface area contributed by atoms with E-state index < -0.39 is 11.5 Å². The third kappa shape index (κ3) is 4.48. The first-order valence-electron chi connectivity index (χ1n) is 11.7. The van der Waals surface area contributed by atoms with E-state index in [0.29, 0.717) is 17.9 Å². The van der Waals surface area contributed by atoms with E-state index in [9.17, 15) is 4.79 Å². The molecule has 5 rings (SSSR count). The van der Waals surface area contributed by atoms with E-state index in [1.807, 2.05) is 42.8 Å². The number of benzene rings is 2. The topological polar surface area (TPSA) is 97.8 Å². The number of nitrogens with two attached hydrogens (primary N) is 1. The molecule has 0 radical (unpaired) electrons. The number of nitrogens with zero attached hydrogens (tertiary/aromatic N) is 4. The fourth-order valence-electron chi connectivity index (χ4n) is 4.60. The number of piperidine rings is 1. The average molecular weight is 459 g/mol. The predicted octanol–water partition coefficient (Wildman–Crippen LogP) is 4.29. The fourth-order valence-corrected chi connectivity index (χ4v) is 4.60. The fraction of sp³-hybridized carbons (Fsp3) is 0.346. The first-order chi connectivity index (χ1) is 16.4. The first-order valence-corrected chi connectivity index (χ1v) is 11.7. The van der Waals surface area contributed by atoms with Crippen LogP contribution in [0.3, 0.4) is 0 Å². The number of carbonyl (C=O) groups excluding carboxylic acids is 1. The second-order valence-electron chi connectivity index (χ2n) is 9.21. The number of ether oxygens (including phenoxy) is 1. The van der Waals surface area contributed by atoms with Crippen LogP contribution in [0.5, 0.6) is 5.75 Å². The van der Waals surface area contributed by atoms with Gasteiger partial charge in [0.25, 0.3) is 5.91 Å². The smallest absolute Gasteiger partial charge is 0.263 e. The van der Waals surface area contributed by atoms with Crippen molar-refractivity contribution in [2.75, 3.05) is 23.3 Å².